The van der Waals surface area contributed by atoms with Crippen LogP contribution < -0.4 is 11.1 Å². The number of carboxylic acid groups (broad SMARTS) is 1. The molecule has 1 atom stereocenters. The van der Waals surface area contributed by atoms with Crippen LogP contribution in [0.5, 0.6) is 0 Å². The van der Waals surface area contributed by atoms with E-state index in [0.717, 1.165) is 5.56 Å². The maximum atomic E-state index is 11.1. The third kappa shape index (κ3) is 5.53. The fourth-order valence-corrected chi connectivity index (χ4v) is 2.04. The van der Waals surface area contributed by atoms with Crippen LogP contribution in [-0.4, -0.2) is 34.7 Å². The molecule has 0 radical (unpaired) electrons. The van der Waals surface area contributed by atoms with Crippen LogP contribution in [0.3, 0.4) is 0 Å². The van der Waals surface area contributed by atoms with Crippen molar-refractivity contribution in [1.29, 1.82) is 0 Å². The molecule has 1 rings (SSSR count). The van der Waals surface area contributed by atoms with Crippen LogP contribution in [-0.2, 0) is 16.0 Å². The molecule has 0 aromatic heterocycles. The zero-order valence-electron chi connectivity index (χ0n) is 12.3. The fraction of sp³-hybridized carbons (Fsp3) is 0.467. The molecule has 1 unspecified atom stereocenters. The molecular formula is C15H22N2O4. The van der Waals surface area contributed by atoms with E-state index >= 15 is 0 Å². The van der Waals surface area contributed by atoms with Gasteiger partial charge in [-0.25, -0.2) is 0 Å². The number of aliphatic hydroxyl groups excluding tert-OH is 1. The van der Waals surface area contributed by atoms with Gasteiger partial charge >= 0.3 is 5.97 Å². The molecule has 0 heterocycles. The lowest BCUT2D eigenvalue weighted by atomic mass is 9.84. The summed E-state index contributed by atoms with van der Waals surface area (Å²) in [6.07, 6.45) is 0.941. The second-order valence-electron chi connectivity index (χ2n) is 5.76. The Hall–Kier alpha value is -1.92. The van der Waals surface area contributed by atoms with Crippen molar-refractivity contribution >= 4 is 17.6 Å². The van der Waals surface area contributed by atoms with Crippen LogP contribution in [0.2, 0.25) is 0 Å². The summed E-state index contributed by atoms with van der Waals surface area (Å²) in [5, 5.41) is 20.3. The van der Waals surface area contributed by atoms with Crippen LogP contribution >= 0.6 is 0 Å². The summed E-state index contributed by atoms with van der Waals surface area (Å²) in [4.78, 5) is 22.1. The molecule has 0 spiro atoms. The Morgan fingerprint density at radius 3 is 2.33 bits per heavy atom. The minimum atomic E-state index is -0.861. The van der Waals surface area contributed by atoms with Crippen LogP contribution in [0.4, 0.5) is 5.69 Å². The van der Waals surface area contributed by atoms with Gasteiger partial charge in [-0.2, -0.15) is 0 Å². The first-order valence-electron chi connectivity index (χ1n) is 6.73. The van der Waals surface area contributed by atoms with Gasteiger partial charge in [0.15, 0.2) is 0 Å². The van der Waals surface area contributed by atoms with Crippen LogP contribution in [0.15, 0.2) is 24.3 Å². The molecule has 116 valence electrons. The van der Waals surface area contributed by atoms with E-state index in [4.69, 9.17) is 15.9 Å². The second kappa shape index (κ2) is 7.19. The van der Waals surface area contributed by atoms with Gasteiger partial charge in [-0.1, -0.05) is 12.1 Å². The average Bonchev–Trinajstić information content (AvgIpc) is 2.40. The van der Waals surface area contributed by atoms with Gasteiger partial charge in [0.25, 0.3) is 0 Å². The van der Waals surface area contributed by atoms with Crippen LogP contribution in [0.25, 0.3) is 0 Å². The number of amides is 1. The van der Waals surface area contributed by atoms with Crippen molar-refractivity contribution in [3.63, 3.8) is 0 Å². The van der Waals surface area contributed by atoms with Gasteiger partial charge in [-0.15, -0.1) is 0 Å². The van der Waals surface area contributed by atoms with Gasteiger partial charge in [0.1, 0.15) is 6.61 Å². The largest absolute Gasteiger partial charge is 0.481 e. The van der Waals surface area contributed by atoms with Gasteiger partial charge in [0.05, 0.1) is 5.41 Å². The van der Waals surface area contributed by atoms with E-state index in [-0.39, 0.29) is 6.04 Å². The molecule has 0 fully saturated rings. The third-order valence-electron chi connectivity index (χ3n) is 3.23. The van der Waals surface area contributed by atoms with Crippen LogP contribution in [0.1, 0.15) is 25.8 Å². The number of carboxylic acids is 1. The predicted octanol–water partition coefficient (Wildman–Crippen LogP) is 0.988. The Kier molecular flexibility index (Phi) is 5.87. The number of carbonyl (C=O) groups excluding carboxylic acids is 1. The zero-order valence-corrected chi connectivity index (χ0v) is 12.3. The molecule has 0 aliphatic rings. The molecule has 0 bridgehead atoms. The quantitative estimate of drug-likeness (QED) is 0.599. The first-order valence-corrected chi connectivity index (χ1v) is 6.73. The van der Waals surface area contributed by atoms with E-state index in [2.05, 4.69) is 5.32 Å². The maximum Gasteiger partial charge on any atom is 0.309 e. The minimum absolute atomic E-state index is 0.256. The number of aliphatic carboxylic acids is 1. The molecule has 5 N–H and O–H groups in total. The Morgan fingerprint density at radius 2 is 1.86 bits per heavy atom. The smallest absolute Gasteiger partial charge is 0.309 e. The standard InChI is InChI=1S/C15H22N2O4/c1-15(2,14(20)21)8-11(16)7-10-3-5-12(6-4-10)17-13(19)9-18/h3-6,11,18H,7-9,16H2,1-2H3,(H,17,19)(H,20,21). The summed E-state index contributed by atoms with van der Waals surface area (Å²) in [7, 11) is 0. The van der Waals surface area contributed by atoms with Crippen molar-refractivity contribution in [3.05, 3.63) is 29.8 Å². The molecule has 1 aromatic rings. The molecule has 1 aromatic carbocycles. The number of benzene rings is 1. The highest BCUT2D eigenvalue weighted by molar-refractivity contribution is 5.91. The Morgan fingerprint density at radius 1 is 1.29 bits per heavy atom. The van der Waals surface area contributed by atoms with E-state index < -0.39 is 23.9 Å². The minimum Gasteiger partial charge on any atom is -0.481 e. The normalized spacial score (nSPS) is 12.8. The van der Waals surface area contributed by atoms with Crippen molar-refractivity contribution in [2.45, 2.75) is 32.7 Å². The molecular weight excluding hydrogens is 272 g/mol. The number of aliphatic hydroxyl groups is 1. The maximum absolute atomic E-state index is 11.1. The Bertz CT molecular complexity index is 497. The number of anilines is 1. The van der Waals surface area contributed by atoms with Crippen molar-refractivity contribution < 1.29 is 19.8 Å². The highest BCUT2D eigenvalue weighted by Gasteiger charge is 2.29. The summed E-state index contributed by atoms with van der Waals surface area (Å²) in [6.45, 7) is 2.75. The molecule has 0 saturated carbocycles. The lowest BCUT2D eigenvalue weighted by molar-refractivity contribution is -0.147. The second-order valence-corrected chi connectivity index (χ2v) is 5.76. The van der Waals surface area contributed by atoms with Gasteiger partial charge in [0, 0.05) is 11.7 Å². The number of hydrogen-bond acceptors (Lipinski definition) is 4. The summed E-state index contributed by atoms with van der Waals surface area (Å²) in [5.41, 5.74) is 6.71. The number of hydrogen-bond donors (Lipinski definition) is 4. The lowest BCUT2D eigenvalue weighted by Gasteiger charge is -2.23. The molecule has 1 amide bonds. The van der Waals surface area contributed by atoms with Crippen molar-refractivity contribution in [1.82, 2.24) is 0 Å². The van der Waals surface area contributed by atoms with E-state index in [0.29, 0.717) is 18.5 Å². The predicted molar refractivity (Wildman–Crippen MR) is 79.9 cm³/mol. The van der Waals surface area contributed by atoms with E-state index in [1.807, 2.05) is 12.1 Å². The van der Waals surface area contributed by atoms with E-state index in [1.54, 1.807) is 26.0 Å². The fourth-order valence-electron chi connectivity index (χ4n) is 2.04. The Labute approximate surface area is 124 Å². The van der Waals surface area contributed by atoms with Crippen molar-refractivity contribution in [2.75, 3.05) is 11.9 Å². The van der Waals surface area contributed by atoms with Crippen LogP contribution in [0, 0.1) is 5.41 Å². The number of nitrogens with one attached hydrogen (secondary N) is 1. The SMILES string of the molecule is CC(C)(CC(N)Cc1ccc(NC(=O)CO)cc1)C(=O)O. The summed E-state index contributed by atoms with van der Waals surface area (Å²) < 4.78 is 0. The number of nitrogens with two attached hydrogens (primary N) is 1. The average molecular weight is 294 g/mol. The summed E-state index contributed by atoms with van der Waals surface area (Å²) >= 11 is 0. The molecule has 21 heavy (non-hydrogen) atoms. The summed E-state index contributed by atoms with van der Waals surface area (Å²) in [5.74, 6) is -1.33. The first-order chi connectivity index (χ1) is 9.74. The van der Waals surface area contributed by atoms with E-state index in [9.17, 15) is 9.59 Å². The molecule has 0 aliphatic carbocycles. The zero-order chi connectivity index (χ0) is 16.0. The Balaban J connectivity index is 2.59. The summed E-state index contributed by atoms with van der Waals surface area (Å²) in [6, 6.07) is 6.82. The van der Waals surface area contributed by atoms with Gasteiger partial charge in [-0.3, -0.25) is 9.59 Å². The van der Waals surface area contributed by atoms with Crippen molar-refractivity contribution in [2.24, 2.45) is 11.1 Å². The topological polar surface area (TPSA) is 113 Å². The van der Waals surface area contributed by atoms with Gasteiger partial charge in [0.2, 0.25) is 5.91 Å². The molecule has 0 saturated heterocycles. The third-order valence-corrected chi connectivity index (χ3v) is 3.23. The molecule has 0 aliphatic heterocycles. The number of rotatable bonds is 7. The molecule has 6 heteroatoms. The lowest BCUT2D eigenvalue weighted by Crippen LogP contribution is -2.34. The van der Waals surface area contributed by atoms with E-state index in [1.165, 1.54) is 0 Å². The number of carbonyl (C=O) groups is 2. The monoisotopic (exact) mass is 294 g/mol. The van der Waals surface area contributed by atoms with Gasteiger partial charge < -0.3 is 21.3 Å². The molecule has 6 nitrogen and oxygen atoms in total. The first kappa shape index (κ1) is 17.1. The van der Waals surface area contributed by atoms with Gasteiger partial charge in [-0.05, 0) is 44.4 Å². The highest BCUT2D eigenvalue weighted by atomic mass is 16.4. The van der Waals surface area contributed by atoms with Crippen molar-refractivity contribution in [3.8, 4) is 0 Å². The highest BCUT2D eigenvalue weighted by Crippen LogP contribution is 2.23.